The number of H-pyrrole nitrogens is 1. The van der Waals surface area contributed by atoms with Crippen LogP contribution in [-0.4, -0.2) is 27.0 Å². The normalized spacial score (nSPS) is 11.5. The molecular weight excluding hydrogens is 464 g/mol. The van der Waals surface area contributed by atoms with Crippen molar-refractivity contribution in [3.63, 3.8) is 0 Å². The highest BCUT2D eigenvalue weighted by molar-refractivity contribution is 6.32. The van der Waals surface area contributed by atoms with E-state index in [0.29, 0.717) is 34.1 Å². The number of hydrogen-bond donors (Lipinski definition) is 1. The van der Waals surface area contributed by atoms with Crippen molar-refractivity contribution in [1.82, 2.24) is 19.9 Å². The third kappa shape index (κ3) is 5.06. The Morgan fingerprint density at radius 3 is 2.58 bits per heavy atom. The fourth-order valence-electron chi connectivity index (χ4n) is 3.04. The number of nitrogens with one attached hydrogen (secondary N) is 1. The van der Waals surface area contributed by atoms with Gasteiger partial charge in [0.2, 0.25) is 5.95 Å². The Bertz CT molecular complexity index is 1280. The molecule has 0 aliphatic rings. The molecule has 11 heteroatoms. The zero-order chi connectivity index (χ0) is 23.6. The SMILES string of the molecule is COc1cc(OCc2cc(C(F)(F)F)ccn2)ccc1-c1[nH]c(-c2ccc(F)nc2)nc1Cl. The number of alkyl halides is 3. The summed E-state index contributed by atoms with van der Waals surface area (Å²) in [5, 5.41) is 0.162. The first kappa shape index (κ1) is 22.5. The predicted octanol–water partition coefficient (Wildman–Crippen LogP) is 5.93. The molecule has 0 atom stereocenters. The molecule has 0 radical (unpaired) electrons. The molecule has 170 valence electrons. The molecule has 0 amide bonds. The molecule has 1 aromatic carbocycles. The number of imidazole rings is 1. The summed E-state index contributed by atoms with van der Waals surface area (Å²) in [7, 11) is 1.45. The molecule has 4 rings (SSSR count). The average Bonchev–Trinajstić information content (AvgIpc) is 3.19. The number of benzene rings is 1. The average molecular weight is 479 g/mol. The van der Waals surface area contributed by atoms with Gasteiger partial charge in [-0.1, -0.05) is 11.6 Å². The van der Waals surface area contributed by atoms with Crippen molar-refractivity contribution in [2.24, 2.45) is 0 Å². The van der Waals surface area contributed by atoms with Crippen molar-refractivity contribution in [3.8, 4) is 34.1 Å². The number of methoxy groups -OCH3 is 1. The van der Waals surface area contributed by atoms with Gasteiger partial charge in [-0.15, -0.1) is 0 Å². The summed E-state index contributed by atoms with van der Waals surface area (Å²) in [6.45, 7) is -0.168. The first-order valence-electron chi connectivity index (χ1n) is 9.45. The molecule has 0 fully saturated rings. The van der Waals surface area contributed by atoms with E-state index in [4.69, 9.17) is 21.1 Å². The zero-order valence-electron chi connectivity index (χ0n) is 17.0. The van der Waals surface area contributed by atoms with Crippen LogP contribution in [0.4, 0.5) is 17.6 Å². The summed E-state index contributed by atoms with van der Waals surface area (Å²) in [4.78, 5) is 14.8. The third-order valence-electron chi connectivity index (χ3n) is 4.63. The van der Waals surface area contributed by atoms with Crippen LogP contribution < -0.4 is 9.47 Å². The second kappa shape index (κ2) is 9.07. The van der Waals surface area contributed by atoms with Crippen LogP contribution >= 0.6 is 11.6 Å². The van der Waals surface area contributed by atoms with E-state index in [1.165, 1.54) is 25.4 Å². The van der Waals surface area contributed by atoms with E-state index in [-0.39, 0.29) is 17.5 Å². The summed E-state index contributed by atoms with van der Waals surface area (Å²) >= 11 is 6.30. The van der Waals surface area contributed by atoms with Crippen LogP contribution in [-0.2, 0) is 12.8 Å². The lowest BCUT2D eigenvalue weighted by atomic mass is 10.1. The maximum Gasteiger partial charge on any atom is 0.416 e. The van der Waals surface area contributed by atoms with E-state index >= 15 is 0 Å². The fraction of sp³-hybridized carbons (Fsp3) is 0.136. The van der Waals surface area contributed by atoms with E-state index in [0.717, 1.165) is 18.3 Å². The van der Waals surface area contributed by atoms with Crippen LogP contribution in [0.5, 0.6) is 11.5 Å². The van der Waals surface area contributed by atoms with E-state index in [2.05, 4.69) is 19.9 Å². The summed E-state index contributed by atoms with van der Waals surface area (Å²) in [5.74, 6) is 0.516. The van der Waals surface area contributed by atoms with Crippen molar-refractivity contribution in [3.05, 3.63) is 77.2 Å². The molecule has 1 N–H and O–H groups in total. The van der Waals surface area contributed by atoms with Crippen LogP contribution in [0.1, 0.15) is 11.3 Å². The van der Waals surface area contributed by atoms with E-state index in [1.54, 1.807) is 18.2 Å². The Morgan fingerprint density at radius 2 is 1.88 bits per heavy atom. The lowest BCUT2D eigenvalue weighted by molar-refractivity contribution is -0.137. The Labute approximate surface area is 190 Å². The van der Waals surface area contributed by atoms with Gasteiger partial charge in [-0.3, -0.25) is 4.98 Å². The molecular formula is C22H15ClF4N4O2. The molecule has 3 aromatic heterocycles. The van der Waals surface area contributed by atoms with Crippen molar-refractivity contribution in [1.29, 1.82) is 0 Å². The number of hydrogen-bond acceptors (Lipinski definition) is 5. The number of aromatic nitrogens is 4. The van der Waals surface area contributed by atoms with Crippen LogP contribution in [0.15, 0.2) is 54.9 Å². The standard InChI is InChI=1S/C22H15ClF4N4O2/c1-32-17-9-15(33-11-14-8-13(6-7-28-14)22(25,26)27)3-4-16(17)19-20(23)31-21(30-19)12-2-5-18(24)29-10-12/h2-10H,11H2,1H3,(H,30,31). The van der Waals surface area contributed by atoms with Gasteiger partial charge in [0.05, 0.1) is 24.1 Å². The number of aromatic amines is 1. The molecule has 0 aliphatic heterocycles. The first-order valence-corrected chi connectivity index (χ1v) is 9.83. The van der Waals surface area contributed by atoms with Crippen molar-refractivity contribution in [2.75, 3.05) is 7.11 Å². The molecule has 0 unspecified atom stereocenters. The van der Waals surface area contributed by atoms with Gasteiger partial charge >= 0.3 is 6.18 Å². The second-order valence-corrected chi connectivity index (χ2v) is 7.16. The molecule has 4 aromatic rings. The van der Waals surface area contributed by atoms with Gasteiger partial charge in [-0.2, -0.15) is 17.6 Å². The first-order chi connectivity index (χ1) is 15.7. The fourth-order valence-corrected chi connectivity index (χ4v) is 3.28. The Hall–Kier alpha value is -3.66. The molecule has 0 aliphatic carbocycles. The van der Waals surface area contributed by atoms with Gasteiger partial charge in [0, 0.05) is 29.6 Å². The quantitative estimate of drug-likeness (QED) is 0.274. The molecule has 0 spiro atoms. The predicted molar refractivity (Wildman–Crippen MR) is 112 cm³/mol. The highest BCUT2D eigenvalue weighted by atomic mass is 35.5. The van der Waals surface area contributed by atoms with Gasteiger partial charge in [0.15, 0.2) is 5.15 Å². The van der Waals surface area contributed by atoms with Crippen LogP contribution in [0, 0.1) is 5.95 Å². The van der Waals surface area contributed by atoms with Gasteiger partial charge in [0.1, 0.15) is 23.9 Å². The molecule has 6 nitrogen and oxygen atoms in total. The highest BCUT2D eigenvalue weighted by Gasteiger charge is 2.30. The van der Waals surface area contributed by atoms with E-state index < -0.39 is 17.7 Å². The minimum absolute atomic E-state index is 0.127. The van der Waals surface area contributed by atoms with Gasteiger partial charge < -0.3 is 14.5 Å². The van der Waals surface area contributed by atoms with Crippen LogP contribution in [0.3, 0.4) is 0 Å². The van der Waals surface area contributed by atoms with Gasteiger partial charge in [0.25, 0.3) is 0 Å². The molecule has 3 heterocycles. The Kier molecular flexibility index (Phi) is 6.19. The molecule has 33 heavy (non-hydrogen) atoms. The maximum atomic E-state index is 13.1. The van der Waals surface area contributed by atoms with Crippen LogP contribution in [0.2, 0.25) is 5.15 Å². The monoisotopic (exact) mass is 478 g/mol. The number of halogens is 5. The van der Waals surface area contributed by atoms with E-state index in [1.807, 2.05) is 0 Å². The molecule has 0 saturated heterocycles. The lowest BCUT2D eigenvalue weighted by Gasteiger charge is -2.12. The summed E-state index contributed by atoms with van der Waals surface area (Å²) < 4.78 is 62.7. The maximum absolute atomic E-state index is 13.1. The largest absolute Gasteiger partial charge is 0.496 e. The Balaban J connectivity index is 1.56. The van der Waals surface area contributed by atoms with Crippen molar-refractivity contribution >= 4 is 11.6 Å². The summed E-state index contributed by atoms with van der Waals surface area (Å²) in [5.41, 5.74) is 0.893. The van der Waals surface area contributed by atoms with Gasteiger partial charge in [-0.05, 0) is 36.4 Å². The van der Waals surface area contributed by atoms with Crippen molar-refractivity contribution in [2.45, 2.75) is 12.8 Å². The Morgan fingerprint density at radius 1 is 1.06 bits per heavy atom. The topological polar surface area (TPSA) is 72.9 Å². The minimum Gasteiger partial charge on any atom is -0.496 e. The lowest BCUT2D eigenvalue weighted by Crippen LogP contribution is -2.07. The number of rotatable bonds is 6. The van der Waals surface area contributed by atoms with Crippen molar-refractivity contribution < 1.29 is 27.0 Å². The number of nitrogens with zero attached hydrogens (tertiary/aromatic N) is 3. The molecule has 0 bridgehead atoms. The number of pyridine rings is 2. The minimum atomic E-state index is -4.46. The smallest absolute Gasteiger partial charge is 0.416 e. The second-order valence-electron chi connectivity index (χ2n) is 6.81. The third-order valence-corrected chi connectivity index (χ3v) is 4.91. The highest BCUT2D eigenvalue weighted by Crippen LogP contribution is 2.37. The zero-order valence-corrected chi connectivity index (χ0v) is 17.7. The summed E-state index contributed by atoms with van der Waals surface area (Å²) in [6.07, 6.45) is -2.06. The van der Waals surface area contributed by atoms with Gasteiger partial charge in [-0.25, -0.2) is 9.97 Å². The van der Waals surface area contributed by atoms with E-state index in [9.17, 15) is 17.6 Å². The summed E-state index contributed by atoms with van der Waals surface area (Å²) in [6, 6.07) is 9.39. The van der Waals surface area contributed by atoms with Crippen LogP contribution in [0.25, 0.3) is 22.6 Å². The number of ether oxygens (including phenoxy) is 2. The molecule has 0 saturated carbocycles.